The summed E-state index contributed by atoms with van der Waals surface area (Å²) < 4.78 is 0.865. The second-order valence-electron chi connectivity index (χ2n) is 5.63. The number of piperidine rings is 1. The Kier molecular flexibility index (Phi) is 3.54. The highest BCUT2D eigenvalue weighted by molar-refractivity contribution is 7.18. The number of fused-ring (bicyclic) bond motifs is 1. The van der Waals surface area contributed by atoms with E-state index in [0.717, 1.165) is 34.6 Å². The zero-order valence-electron chi connectivity index (χ0n) is 12.1. The van der Waals surface area contributed by atoms with Gasteiger partial charge in [-0.25, -0.2) is 4.98 Å². The van der Waals surface area contributed by atoms with E-state index < -0.39 is 0 Å². The van der Waals surface area contributed by atoms with Crippen molar-refractivity contribution in [1.29, 1.82) is 0 Å². The average molecular weight is 306 g/mol. The van der Waals surface area contributed by atoms with Gasteiger partial charge < -0.3 is 10.6 Å². The summed E-state index contributed by atoms with van der Waals surface area (Å²) >= 11 is 1.49. The molecule has 0 aliphatic carbocycles. The van der Waals surface area contributed by atoms with Crippen LogP contribution in [0.25, 0.3) is 10.2 Å². The van der Waals surface area contributed by atoms with Crippen molar-refractivity contribution >= 4 is 32.9 Å². The SMILES string of the molecule is Cc1nc2cc(N3CCC(N)CC3C)c([N+](=O)[O-])cc2s1. The molecule has 2 N–H and O–H groups in total. The molecular formula is C14H18N4O2S. The van der Waals surface area contributed by atoms with E-state index >= 15 is 0 Å². The summed E-state index contributed by atoms with van der Waals surface area (Å²) in [5, 5.41) is 12.3. The number of nitrogens with zero attached hydrogens (tertiary/aromatic N) is 3. The van der Waals surface area contributed by atoms with Gasteiger partial charge in [0.25, 0.3) is 5.69 Å². The van der Waals surface area contributed by atoms with Gasteiger partial charge in [0.15, 0.2) is 0 Å². The Labute approximate surface area is 126 Å². The monoisotopic (exact) mass is 306 g/mol. The summed E-state index contributed by atoms with van der Waals surface area (Å²) in [4.78, 5) is 17.7. The maximum atomic E-state index is 11.4. The molecule has 2 aromatic rings. The lowest BCUT2D eigenvalue weighted by molar-refractivity contribution is -0.384. The molecule has 1 fully saturated rings. The standard InChI is InChI=1S/C14H18N4O2S/c1-8-5-10(15)3-4-17(8)12-6-11-14(21-9(2)16-11)7-13(12)18(19)20/h6-8,10H,3-5,15H2,1-2H3. The second kappa shape index (κ2) is 5.23. The van der Waals surface area contributed by atoms with Crippen LogP contribution in [-0.4, -0.2) is 28.5 Å². The molecule has 0 bridgehead atoms. The van der Waals surface area contributed by atoms with Gasteiger partial charge in [0.2, 0.25) is 0 Å². The summed E-state index contributed by atoms with van der Waals surface area (Å²) in [6, 6.07) is 3.88. The summed E-state index contributed by atoms with van der Waals surface area (Å²) in [5.74, 6) is 0. The Morgan fingerprint density at radius 3 is 2.95 bits per heavy atom. The molecule has 0 amide bonds. The minimum atomic E-state index is -0.301. The number of nitrogens with two attached hydrogens (primary N) is 1. The van der Waals surface area contributed by atoms with Crippen molar-refractivity contribution < 1.29 is 4.92 Å². The van der Waals surface area contributed by atoms with Crippen LogP contribution in [0.2, 0.25) is 0 Å². The molecule has 1 aromatic heterocycles. The van der Waals surface area contributed by atoms with Gasteiger partial charge in [0.1, 0.15) is 5.69 Å². The van der Waals surface area contributed by atoms with Crippen LogP contribution < -0.4 is 10.6 Å². The lowest BCUT2D eigenvalue weighted by atomic mass is 9.98. The van der Waals surface area contributed by atoms with Gasteiger partial charge in [-0.3, -0.25) is 10.1 Å². The Morgan fingerprint density at radius 1 is 1.52 bits per heavy atom. The number of rotatable bonds is 2. The first-order valence-corrected chi connectivity index (χ1v) is 7.85. The molecule has 7 heteroatoms. The Morgan fingerprint density at radius 2 is 2.29 bits per heavy atom. The molecule has 1 aromatic carbocycles. The number of anilines is 1. The van der Waals surface area contributed by atoms with Crippen molar-refractivity contribution in [2.24, 2.45) is 5.73 Å². The molecule has 1 aliphatic rings. The third-order valence-electron chi connectivity index (χ3n) is 4.01. The van der Waals surface area contributed by atoms with Gasteiger partial charge in [-0.1, -0.05) is 0 Å². The summed E-state index contributed by atoms with van der Waals surface area (Å²) in [5.41, 5.74) is 7.64. The van der Waals surface area contributed by atoms with Crippen LogP contribution in [-0.2, 0) is 0 Å². The van der Waals surface area contributed by atoms with Crippen LogP contribution in [0.1, 0.15) is 24.8 Å². The van der Waals surface area contributed by atoms with Crippen LogP contribution in [0, 0.1) is 17.0 Å². The number of aromatic nitrogens is 1. The molecule has 0 radical (unpaired) electrons. The topological polar surface area (TPSA) is 85.3 Å². The predicted molar refractivity (Wildman–Crippen MR) is 85.0 cm³/mol. The molecule has 3 rings (SSSR count). The molecular weight excluding hydrogens is 288 g/mol. The normalized spacial score (nSPS) is 22.7. The van der Waals surface area contributed by atoms with Gasteiger partial charge in [0.05, 0.1) is 20.1 Å². The van der Waals surface area contributed by atoms with E-state index in [1.54, 1.807) is 6.07 Å². The van der Waals surface area contributed by atoms with E-state index in [0.29, 0.717) is 5.69 Å². The maximum Gasteiger partial charge on any atom is 0.294 e. The third-order valence-corrected chi connectivity index (χ3v) is 4.95. The molecule has 2 unspecified atom stereocenters. The first-order valence-electron chi connectivity index (χ1n) is 7.03. The van der Waals surface area contributed by atoms with E-state index in [9.17, 15) is 10.1 Å². The van der Waals surface area contributed by atoms with E-state index in [2.05, 4.69) is 16.8 Å². The van der Waals surface area contributed by atoms with Gasteiger partial charge in [-0.05, 0) is 32.8 Å². The van der Waals surface area contributed by atoms with E-state index in [1.807, 2.05) is 13.0 Å². The van der Waals surface area contributed by atoms with Gasteiger partial charge in [-0.2, -0.15) is 0 Å². The molecule has 0 spiro atoms. The Balaban J connectivity index is 2.11. The molecule has 21 heavy (non-hydrogen) atoms. The number of hydrogen-bond donors (Lipinski definition) is 1. The van der Waals surface area contributed by atoms with Crippen molar-refractivity contribution in [3.63, 3.8) is 0 Å². The first-order chi connectivity index (χ1) is 9.95. The largest absolute Gasteiger partial charge is 0.363 e. The molecule has 6 nitrogen and oxygen atoms in total. The fraction of sp³-hybridized carbons (Fsp3) is 0.500. The molecule has 0 saturated carbocycles. The fourth-order valence-electron chi connectivity index (χ4n) is 3.01. The van der Waals surface area contributed by atoms with E-state index in [-0.39, 0.29) is 22.7 Å². The number of nitro groups is 1. The van der Waals surface area contributed by atoms with Crippen LogP contribution in [0.4, 0.5) is 11.4 Å². The number of benzene rings is 1. The van der Waals surface area contributed by atoms with Gasteiger partial charge >= 0.3 is 0 Å². The zero-order chi connectivity index (χ0) is 15.1. The van der Waals surface area contributed by atoms with Crippen molar-refractivity contribution in [3.05, 3.63) is 27.3 Å². The quantitative estimate of drug-likeness (QED) is 0.681. The Hall–Kier alpha value is -1.73. The lowest BCUT2D eigenvalue weighted by Gasteiger charge is -2.37. The number of thiazole rings is 1. The van der Waals surface area contributed by atoms with Crippen LogP contribution in [0.15, 0.2) is 12.1 Å². The lowest BCUT2D eigenvalue weighted by Crippen LogP contribution is -2.45. The minimum absolute atomic E-state index is 0.161. The van der Waals surface area contributed by atoms with Crippen LogP contribution in [0.3, 0.4) is 0 Å². The summed E-state index contributed by atoms with van der Waals surface area (Å²) in [6.07, 6.45) is 1.71. The zero-order valence-corrected chi connectivity index (χ0v) is 12.9. The number of aryl methyl sites for hydroxylation is 1. The van der Waals surface area contributed by atoms with Crippen LogP contribution >= 0.6 is 11.3 Å². The number of nitro benzene ring substituents is 1. The highest BCUT2D eigenvalue weighted by Crippen LogP contribution is 2.37. The van der Waals surface area contributed by atoms with Crippen LogP contribution in [0.5, 0.6) is 0 Å². The second-order valence-corrected chi connectivity index (χ2v) is 6.86. The summed E-state index contributed by atoms with van der Waals surface area (Å²) in [7, 11) is 0. The molecule has 1 saturated heterocycles. The first kappa shape index (κ1) is 14.2. The smallest absolute Gasteiger partial charge is 0.294 e. The predicted octanol–water partition coefficient (Wildman–Crippen LogP) is 2.83. The van der Waals surface area contributed by atoms with Crippen molar-refractivity contribution in [1.82, 2.24) is 4.98 Å². The average Bonchev–Trinajstić information content (AvgIpc) is 2.76. The van der Waals surface area contributed by atoms with E-state index in [1.165, 1.54) is 11.3 Å². The third kappa shape index (κ3) is 2.58. The molecule has 2 atom stereocenters. The highest BCUT2D eigenvalue weighted by atomic mass is 32.1. The molecule has 1 aliphatic heterocycles. The van der Waals surface area contributed by atoms with Gasteiger partial charge in [0, 0.05) is 24.7 Å². The maximum absolute atomic E-state index is 11.4. The highest BCUT2D eigenvalue weighted by Gasteiger charge is 2.29. The number of hydrogen-bond acceptors (Lipinski definition) is 6. The van der Waals surface area contributed by atoms with Crippen molar-refractivity contribution in [2.75, 3.05) is 11.4 Å². The van der Waals surface area contributed by atoms with Gasteiger partial charge in [-0.15, -0.1) is 11.3 Å². The van der Waals surface area contributed by atoms with Crippen molar-refractivity contribution in [2.45, 2.75) is 38.8 Å². The minimum Gasteiger partial charge on any atom is -0.363 e. The molecule has 112 valence electrons. The summed E-state index contributed by atoms with van der Waals surface area (Å²) in [6.45, 7) is 4.73. The van der Waals surface area contributed by atoms with E-state index in [4.69, 9.17) is 5.73 Å². The fourth-order valence-corrected chi connectivity index (χ4v) is 3.85. The van der Waals surface area contributed by atoms with Crippen molar-refractivity contribution in [3.8, 4) is 0 Å². The molecule has 2 heterocycles. The Bertz CT molecular complexity index is 700.